The summed E-state index contributed by atoms with van der Waals surface area (Å²) in [7, 11) is 0. The highest BCUT2D eigenvalue weighted by Crippen LogP contribution is 2.29. The molecule has 4 rings (SSSR count). The number of nitro groups is 1. The van der Waals surface area contributed by atoms with Gasteiger partial charge in [-0.1, -0.05) is 0 Å². The summed E-state index contributed by atoms with van der Waals surface area (Å²) in [6.07, 6.45) is 4.38. The van der Waals surface area contributed by atoms with Gasteiger partial charge in [-0.25, -0.2) is 4.79 Å². The molecule has 2 aliphatic heterocycles. The molecule has 2 aliphatic rings. The fraction of sp³-hybridized carbons (Fsp3) is 0.375. The largest absolute Gasteiger partial charge is 0.454 e. The second kappa shape index (κ2) is 9.81. The lowest BCUT2D eigenvalue weighted by atomic mass is 10.1. The summed E-state index contributed by atoms with van der Waals surface area (Å²) in [4.78, 5) is 51.6. The minimum atomic E-state index is -0.771. The molecule has 0 atom stereocenters. The number of hydrogen-bond acceptors (Lipinski definition) is 7. The van der Waals surface area contributed by atoms with Crippen molar-refractivity contribution in [1.29, 1.82) is 0 Å². The van der Waals surface area contributed by atoms with Crippen molar-refractivity contribution < 1.29 is 24.0 Å². The number of ether oxygens (including phenoxy) is 1. The number of non-ortho nitro benzene ring substituents is 1. The molecule has 2 aromatic rings. The van der Waals surface area contributed by atoms with Crippen molar-refractivity contribution in [3.05, 3.63) is 63.7 Å². The maximum atomic E-state index is 12.8. The number of hydrogen-bond donors (Lipinski definition) is 0. The minimum Gasteiger partial charge on any atom is -0.454 e. The van der Waals surface area contributed by atoms with Gasteiger partial charge in [-0.3, -0.25) is 19.7 Å². The molecule has 33 heavy (non-hydrogen) atoms. The molecule has 0 aromatic heterocycles. The average molecular weight is 451 g/mol. The van der Waals surface area contributed by atoms with E-state index in [4.69, 9.17) is 4.74 Å². The topological polar surface area (TPSA) is 110 Å². The molecule has 172 valence electrons. The van der Waals surface area contributed by atoms with E-state index in [1.54, 1.807) is 35.2 Å². The van der Waals surface area contributed by atoms with Crippen LogP contribution in [-0.4, -0.2) is 48.8 Å². The average Bonchev–Trinajstić information content (AvgIpc) is 3.28. The van der Waals surface area contributed by atoms with E-state index in [0.29, 0.717) is 24.2 Å². The van der Waals surface area contributed by atoms with Gasteiger partial charge >= 0.3 is 5.97 Å². The van der Waals surface area contributed by atoms with Crippen molar-refractivity contribution >= 4 is 34.7 Å². The summed E-state index contributed by atoms with van der Waals surface area (Å²) in [6, 6.07) is 10.8. The van der Waals surface area contributed by atoms with E-state index < -0.39 is 23.3 Å². The third kappa shape index (κ3) is 5.02. The number of anilines is 2. The zero-order chi connectivity index (χ0) is 23.4. The fourth-order valence-electron chi connectivity index (χ4n) is 4.25. The number of Topliss-reactive ketones (excluding diaryl/α,β-unsaturated/α-hetero) is 1. The first-order chi connectivity index (χ1) is 15.9. The van der Waals surface area contributed by atoms with Gasteiger partial charge in [-0.15, -0.1) is 0 Å². The molecule has 9 nitrogen and oxygen atoms in total. The first-order valence-corrected chi connectivity index (χ1v) is 11.1. The molecule has 0 saturated carbocycles. The summed E-state index contributed by atoms with van der Waals surface area (Å²) in [5, 5.41) is 11.2. The van der Waals surface area contributed by atoms with Crippen LogP contribution in [0.4, 0.5) is 17.1 Å². The second-order valence-electron chi connectivity index (χ2n) is 8.20. The summed E-state index contributed by atoms with van der Waals surface area (Å²) < 4.78 is 5.26. The summed E-state index contributed by atoms with van der Waals surface area (Å²) in [5.41, 5.74) is 1.54. The first-order valence-electron chi connectivity index (χ1n) is 11.1. The van der Waals surface area contributed by atoms with Gasteiger partial charge in [-0.2, -0.15) is 0 Å². The number of rotatable bonds is 7. The molecule has 1 amide bonds. The predicted octanol–water partition coefficient (Wildman–Crippen LogP) is 3.75. The van der Waals surface area contributed by atoms with Gasteiger partial charge in [-0.05, 0) is 56.0 Å². The molecule has 2 saturated heterocycles. The second-order valence-corrected chi connectivity index (χ2v) is 8.20. The fourth-order valence-corrected chi connectivity index (χ4v) is 4.25. The van der Waals surface area contributed by atoms with Gasteiger partial charge in [0, 0.05) is 49.4 Å². The van der Waals surface area contributed by atoms with Crippen molar-refractivity contribution in [2.75, 3.05) is 36.0 Å². The lowest BCUT2D eigenvalue weighted by Gasteiger charge is -2.30. The van der Waals surface area contributed by atoms with Crippen molar-refractivity contribution in [3.63, 3.8) is 0 Å². The van der Waals surface area contributed by atoms with Gasteiger partial charge in [0.05, 0.1) is 16.2 Å². The van der Waals surface area contributed by atoms with Crippen molar-refractivity contribution in [1.82, 2.24) is 0 Å². The van der Waals surface area contributed by atoms with Crippen LogP contribution >= 0.6 is 0 Å². The Morgan fingerprint density at radius 1 is 0.970 bits per heavy atom. The molecule has 0 spiro atoms. The monoisotopic (exact) mass is 451 g/mol. The lowest BCUT2D eigenvalue weighted by molar-refractivity contribution is -0.384. The van der Waals surface area contributed by atoms with Gasteiger partial charge in [0.2, 0.25) is 5.91 Å². The zero-order valence-electron chi connectivity index (χ0n) is 18.2. The number of ketones is 1. The van der Waals surface area contributed by atoms with E-state index in [1.807, 2.05) is 4.90 Å². The Labute approximate surface area is 191 Å². The van der Waals surface area contributed by atoms with E-state index in [9.17, 15) is 24.5 Å². The summed E-state index contributed by atoms with van der Waals surface area (Å²) in [6.45, 7) is 1.68. The Balaban J connectivity index is 1.45. The van der Waals surface area contributed by atoms with E-state index in [2.05, 4.69) is 0 Å². The normalized spacial score (nSPS) is 16.1. The van der Waals surface area contributed by atoms with Crippen LogP contribution in [-0.2, 0) is 9.53 Å². The number of amides is 1. The minimum absolute atomic E-state index is 0.0597. The van der Waals surface area contributed by atoms with E-state index in [-0.39, 0.29) is 17.2 Å². The Morgan fingerprint density at radius 2 is 1.70 bits per heavy atom. The van der Waals surface area contributed by atoms with Crippen molar-refractivity contribution in [2.24, 2.45) is 0 Å². The van der Waals surface area contributed by atoms with Crippen LogP contribution in [0.15, 0.2) is 42.5 Å². The zero-order valence-corrected chi connectivity index (χ0v) is 18.2. The number of piperidine rings is 1. The number of carbonyl (C=O) groups excluding carboxylic acids is 3. The van der Waals surface area contributed by atoms with Crippen molar-refractivity contribution in [2.45, 2.75) is 32.1 Å². The van der Waals surface area contributed by atoms with E-state index in [0.717, 1.165) is 44.5 Å². The quantitative estimate of drug-likeness (QED) is 0.273. The van der Waals surface area contributed by atoms with Crippen LogP contribution in [0.2, 0.25) is 0 Å². The molecule has 0 aliphatic carbocycles. The van der Waals surface area contributed by atoms with Gasteiger partial charge < -0.3 is 14.5 Å². The van der Waals surface area contributed by atoms with Crippen LogP contribution in [0, 0.1) is 10.1 Å². The van der Waals surface area contributed by atoms with E-state index in [1.165, 1.54) is 12.1 Å². The van der Waals surface area contributed by atoms with Gasteiger partial charge in [0.15, 0.2) is 12.4 Å². The Kier molecular flexibility index (Phi) is 6.67. The first kappa shape index (κ1) is 22.4. The van der Waals surface area contributed by atoms with Crippen LogP contribution in [0.5, 0.6) is 0 Å². The third-order valence-electron chi connectivity index (χ3n) is 6.02. The van der Waals surface area contributed by atoms with Gasteiger partial charge in [0.1, 0.15) is 0 Å². The molecule has 0 radical (unpaired) electrons. The van der Waals surface area contributed by atoms with Gasteiger partial charge in [0.25, 0.3) is 5.69 Å². The summed E-state index contributed by atoms with van der Waals surface area (Å²) in [5.74, 6) is -1.11. The predicted molar refractivity (Wildman–Crippen MR) is 122 cm³/mol. The number of benzene rings is 2. The highest BCUT2D eigenvalue weighted by molar-refractivity contribution is 6.02. The molecule has 9 heteroatoms. The third-order valence-corrected chi connectivity index (χ3v) is 6.02. The standard InChI is InChI=1S/C24H25N3O6/c28-22(17-6-8-18(9-7-17)26-14-4-5-23(26)29)16-33-24(30)20-15-19(27(31)32)10-11-21(20)25-12-2-1-3-13-25/h6-11,15H,1-5,12-14,16H2. The van der Waals surface area contributed by atoms with Crippen LogP contribution in [0.25, 0.3) is 0 Å². The molecule has 2 fully saturated rings. The Bertz CT molecular complexity index is 1080. The highest BCUT2D eigenvalue weighted by atomic mass is 16.6. The molecule has 0 unspecified atom stereocenters. The van der Waals surface area contributed by atoms with Crippen LogP contribution < -0.4 is 9.80 Å². The molecule has 0 bridgehead atoms. The number of nitro benzene ring substituents is 1. The summed E-state index contributed by atoms with van der Waals surface area (Å²) >= 11 is 0. The Morgan fingerprint density at radius 3 is 2.33 bits per heavy atom. The maximum Gasteiger partial charge on any atom is 0.340 e. The smallest absolute Gasteiger partial charge is 0.340 e. The van der Waals surface area contributed by atoms with E-state index >= 15 is 0 Å². The number of esters is 1. The lowest BCUT2D eigenvalue weighted by Crippen LogP contribution is -2.31. The highest BCUT2D eigenvalue weighted by Gasteiger charge is 2.24. The molecular formula is C24H25N3O6. The van der Waals surface area contributed by atoms with Crippen molar-refractivity contribution in [3.8, 4) is 0 Å². The Hall–Kier alpha value is -3.75. The SMILES string of the molecule is O=C(COC(=O)c1cc([N+](=O)[O-])ccc1N1CCCCC1)c1ccc(N2CCCC2=O)cc1. The molecule has 0 N–H and O–H groups in total. The number of nitrogens with zero attached hydrogens (tertiary/aromatic N) is 3. The molecule has 2 heterocycles. The molecular weight excluding hydrogens is 426 g/mol. The van der Waals surface area contributed by atoms with Crippen LogP contribution in [0.3, 0.4) is 0 Å². The number of carbonyl (C=O) groups is 3. The van der Waals surface area contributed by atoms with Crippen LogP contribution in [0.1, 0.15) is 52.8 Å². The maximum absolute atomic E-state index is 12.8. The molecule has 2 aromatic carbocycles.